The maximum absolute atomic E-state index is 11.3. The third-order valence-corrected chi connectivity index (χ3v) is 3.35. The van der Waals surface area contributed by atoms with Crippen molar-refractivity contribution >= 4 is 15.4 Å². The Morgan fingerprint density at radius 2 is 2.38 bits per heavy atom. The van der Waals surface area contributed by atoms with E-state index in [2.05, 4.69) is 0 Å². The lowest BCUT2D eigenvalue weighted by Gasteiger charge is -2.30. The highest BCUT2D eigenvalue weighted by molar-refractivity contribution is 7.51. The zero-order valence-electron chi connectivity index (χ0n) is 9.16. The van der Waals surface area contributed by atoms with Crippen LogP contribution in [0.2, 0.25) is 0 Å². The molecule has 1 N–H and O–H groups in total. The van der Waals surface area contributed by atoms with Crippen LogP contribution in [0.15, 0.2) is 0 Å². The summed E-state index contributed by atoms with van der Waals surface area (Å²) < 4.78 is 32.3. The van der Waals surface area contributed by atoms with E-state index in [9.17, 15) is 9.46 Å². The van der Waals surface area contributed by atoms with Crippen LogP contribution in [0.4, 0.5) is 0 Å². The quantitative estimate of drug-likeness (QED) is 0.533. The minimum Gasteiger partial charge on any atom is -0.381 e. The molecule has 6 nitrogen and oxygen atoms in total. The number of hydrogen-bond donors (Lipinski definition) is 1. The van der Waals surface area contributed by atoms with Crippen molar-refractivity contribution < 1.29 is 28.2 Å². The third-order valence-electron chi connectivity index (χ3n) is 2.73. The third kappa shape index (κ3) is 2.08. The van der Waals surface area contributed by atoms with E-state index < -0.39 is 31.4 Å². The van der Waals surface area contributed by atoms with Crippen molar-refractivity contribution in [3.8, 4) is 0 Å². The number of fused-ring (bicyclic) bond motifs is 2. The normalized spacial score (nSPS) is 45.8. The summed E-state index contributed by atoms with van der Waals surface area (Å²) in [5, 5.41) is 0. The summed E-state index contributed by atoms with van der Waals surface area (Å²) >= 11 is 0. The van der Waals surface area contributed by atoms with E-state index in [1.54, 1.807) is 0 Å². The van der Waals surface area contributed by atoms with Crippen molar-refractivity contribution in [2.24, 2.45) is 0 Å². The molecule has 2 radical (unpaired) electrons. The highest BCUT2D eigenvalue weighted by atomic mass is 31.2. The van der Waals surface area contributed by atoms with Gasteiger partial charge >= 0.3 is 7.60 Å². The second kappa shape index (κ2) is 4.08. The fourth-order valence-electron chi connectivity index (χ4n) is 2.18. The van der Waals surface area contributed by atoms with Gasteiger partial charge in [0, 0.05) is 19.8 Å². The molecule has 0 amide bonds. The molecule has 8 heteroatoms. The zero-order valence-corrected chi connectivity index (χ0v) is 10.1. The summed E-state index contributed by atoms with van der Waals surface area (Å²) in [6, 6.07) is -0.652. The van der Waals surface area contributed by atoms with Crippen LogP contribution in [0.1, 0.15) is 0 Å². The average Bonchev–Trinajstić information content (AvgIpc) is 2.54. The molecule has 2 bridgehead atoms. The molecule has 2 heterocycles. The van der Waals surface area contributed by atoms with Crippen molar-refractivity contribution in [3.05, 3.63) is 0 Å². The van der Waals surface area contributed by atoms with Gasteiger partial charge in [-0.1, -0.05) is 0 Å². The molecule has 5 atom stereocenters. The second-order valence-corrected chi connectivity index (χ2v) is 6.00. The van der Waals surface area contributed by atoms with E-state index in [0.717, 1.165) is 6.66 Å². The van der Waals surface area contributed by atoms with E-state index in [1.165, 1.54) is 7.11 Å². The van der Waals surface area contributed by atoms with Gasteiger partial charge in [-0.2, -0.15) is 0 Å². The van der Waals surface area contributed by atoms with Crippen LogP contribution in [0.3, 0.4) is 0 Å². The van der Waals surface area contributed by atoms with Crippen LogP contribution < -0.4 is 0 Å². The summed E-state index contributed by atoms with van der Waals surface area (Å²) in [4.78, 5) is 9.25. The molecule has 2 aliphatic rings. The van der Waals surface area contributed by atoms with Crippen molar-refractivity contribution in [1.29, 1.82) is 0 Å². The van der Waals surface area contributed by atoms with Gasteiger partial charge in [0.1, 0.15) is 25.7 Å². The molecular formula is C8H14BO6P. The Morgan fingerprint density at radius 3 is 2.88 bits per heavy atom. The van der Waals surface area contributed by atoms with Crippen LogP contribution >= 0.6 is 7.60 Å². The predicted molar refractivity (Wildman–Crippen MR) is 55.6 cm³/mol. The van der Waals surface area contributed by atoms with Crippen LogP contribution in [0.25, 0.3) is 0 Å². The van der Waals surface area contributed by atoms with Crippen molar-refractivity contribution in [2.45, 2.75) is 23.8 Å². The maximum atomic E-state index is 11.3. The molecule has 2 saturated heterocycles. The van der Waals surface area contributed by atoms with Gasteiger partial charge in [0.2, 0.25) is 0 Å². The molecule has 0 aromatic heterocycles. The molecule has 0 aromatic rings. The second-order valence-electron chi connectivity index (χ2n) is 4.18. The molecule has 0 spiro atoms. The van der Waals surface area contributed by atoms with Crippen molar-refractivity contribution in [2.75, 3.05) is 27.0 Å². The molecule has 0 saturated carbocycles. The Balaban J connectivity index is 2.19. The monoisotopic (exact) mass is 248 g/mol. The molecule has 0 aliphatic carbocycles. The highest BCUT2D eigenvalue weighted by Crippen LogP contribution is 2.49. The van der Waals surface area contributed by atoms with Gasteiger partial charge in [0.05, 0.1) is 13.2 Å². The van der Waals surface area contributed by atoms with E-state index in [4.69, 9.17) is 26.6 Å². The number of ether oxygens (including phenoxy) is 3. The Morgan fingerprint density at radius 1 is 1.69 bits per heavy atom. The average molecular weight is 248 g/mol. The molecule has 0 aromatic carbocycles. The van der Waals surface area contributed by atoms with Crippen LogP contribution in [-0.4, -0.2) is 63.5 Å². The SMILES string of the molecule is [B][C@@H]1OC2(COC)CO[C@H]1[C@@H]2OP(C)(=O)O. The minimum atomic E-state index is -3.61. The lowest BCUT2D eigenvalue weighted by Crippen LogP contribution is -2.45. The molecule has 16 heavy (non-hydrogen) atoms. The highest BCUT2D eigenvalue weighted by Gasteiger charge is 2.61. The Kier molecular flexibility index (Phi) is 3.20. The topological polar surface area (TPSA) is 74.2 Å². The first-order chi connectivity index (χ1) is 7.38. The van der Waals surface area contributed by atoms with Gasteiger partial charge < -0.3 is 19.1 Å². The smallest absolute Gasteiger partial charge is 0.325 e. The van der Waals surface area contributed by atoms with Gasteiger partial charge in [-0.15, -0.1) is 0 Å². The summed E-state index contributed by atoms with van der Waals surface area (Å²) in [7, 11) is 3.59. The van der Waals surface area contributed by atoms with Gasteiger partial charge in [-0.05, 0) is 0 Å². The summed E-state index contributed by atoms with van der Waals surface area (Å²) in [6.07, 6.45) is -1.18. The Hall–Kier alpha value is 0.0949. The molecule has 2 unspecified atom stereocenters. The largest absolute Gasteiger partial charge is 0.381 e. The number of hydrogen-bond acceptors (Lipinski definition) is 5. The summed E-state index contributed by atoms with van der Waals surface area (Å²) in [5.74, 6) is 0. The zero-order chi connectivity index (χ0) is 12.0. The first-order valence-corrected chi connectivity index (χ1v) is 6.93. The maximum Gasteiger partial charge on any atom is 0.325 e. The summed E-state index contributed by atoms with van der Waals surface area (Å²) in [5.41, 5.74) is -0.868. The Labute approximate surface area is 95.1 Å². The first-order valence-electron chi connectivity index (χ1n) is 4.90. The van der Waals surface area contributed by atoms with Crippen LogP contribution in [0.5, 0.6) is 0 Å². The summed E-state index contributed by atoms with van der Waals surface area (Å²) in [6.45, 7) is 1.59. The Bertz CT molecular complexity index is 320. The van der Waals surface area contributed by atoms with Crippen LogP contribution in [0, 0.1) is 0 Å². The number of rotatable bonds is 4. The van der Waals surface area contributed by atoms with Crippen LogP contribution in [-0.2, 0) is 23.3 Å². The molecule has 90 valence electrons. The van der Waals surface area contributed by atoms with E-state index in [0.29, 0.717) is 0 Å². The van der Waals surface area contributed by atoms with Crippen molar-refractivity contribution in [1.82, 2.24) is 0 Å². The van der Waals surface area contributed by atoms with E-state index >= 15 is 0 Å². The predicted octanol–water partition coefficient (Wildman–Crippen LogP) is -0.504. The molecule has 2 aliphatic heterocycles. The minimum absolute atomic E-state index is 0.210. The lowest BCUT2D eigenvalue weighted by atomic mass is 9.92. The fraction of sp³-hybridized carbons (Fsp3) is 1.00. The van der Waals surface area contributed by atoms with Gasteiger partial charge in [0.15, 0.2) is 0 Å². The van der Waals surface area contributed by atoms with Gasteiger partial charge in [-0.3, -0.25) is 9.09 Å². The van der Waals surface area contributed by atoms with E-state index in [1.807, 2.05) is 0 Å². The van der Waals surface area contributed by atoms with Crippen molar-refractivity contribution in [3.63, 3.8) is 0 Å². The standard InChI is InChI=1S/C8H14BO6P/c1-12-3-8-4-13-5(7(9)14-8)6(8)15-16(2,10)11/h5-7H,3-4H2,1-2H3,(H,10,11)/t5-,6-,7+,8?/m0/s1. The first kappa shape index (κ1) is 12.5. The molecular weight excluding hydrogens is 234 g/mol. The molecule has 2 rings (SSSR count). The van der Waals surface area contributed by atoms with Gasteiger partial charge in [-0.25, -0.2) is 0 Å². The van der Waals surface area contributed by atoms with E-state index in [-0.39, 0.29) is 13.2 Å². The fourth-order valence-corrected chi connectivity index (χ4v) is 2.91. The molecule has 2 fully saturated rings. The number of methoxy groups -OCH3 is 1. The lowest BCUT2D eigenvalue weighted by molar-refractivity contribution is -0.141. The van der Waals surface area contributed by atoms with Gasteiger partial charge in [0.25, 0.3) is 0 Å².